The number of aromatic nitrogens is 7. The quantitative estimate of drug-likeness (QED) is 0.600. The van der Waals surface area contributed by atoms with Gasteiger partial charge in [0.05, 0.1) is 11.4 Å². The Balaban J connectivity index is 1.97. The number of aromatic amines is 2. The fraction of sp³-hybridized carbons (Fsp3) is 0. The van der Waals surface area contributed by atoms with Crippen LogP contribution in [0.3, 0.4) is 0 Å². The molecule has 0 aliphatic rings. The average molecular weight is 277 g/mol. The highest BCUT2D eigenvalue weighted by atomic mass is 15.4. The first kappa shape index (κ1) is 11.6. The molecule has 0 spiro atoms. The molecule has 21 heavy (non-hydrogen) atoms. The van der Waals surface area contributed by atoms with E-state index >= 15 is 0 Å². The van der Waals surface area contributed by atoms with Gasteiger partial charge in [0, 0.05) is 18.6 Å². The smallest absolute Gasteiger partial charge is 0.160 e. The predicted molar refractivity (Wildman–Crippen MR) is 76.5 cm³/mol. The maximum atomic E-state index is 4.26. The van der Waals surface area contributed by atoms with E-state index in [4.69, 9.17) is 0 Å². The summed E-state index contributed by atoms with van der Waals surface area (Å²) >= 11 is 0. The Morgan fingerprint density at radius 1 is 1.00 bits per heavy atom. The third-order valence-corrected chi connectivity index (χ3v) is 3.15. The average Bonchev–Trinajstić information content (AvgIpc) is 3.27. The van der Waals surface area contributed by atoms with Crippen LogP contribution >= 0.6 is 0 Å². The number of hydrogen-bond donors (Lipinski definition) is 2. The van der Waals surface area contributed by atoms with E-state index in [0.717, 1.165) is 17.1 Å². The molecule has 0 radical (unpaired) electrons. The molecule has 7 heteroatoms. The maximum absolute atomic E-state index is 4.26. The van der Waals surface area contributed by atoms with Gasteiger partial charge in [-0.25, -0.2) is 9.67 Å². The van der Waals surface area contributed by atoms with Gasteiger partial charge in [-0.2, -0.15) is 5.10 Å². The molecular weight excluding hydrogens is 266 g/mol. The summed E-state index contributed by atoms with van der Waals surface area (Å²) in [5.41, 5.74) is 3.24. The van der Waals surface area contributed by atoms with Gasteiger partial charge < -0.3 is 4.98 Å². The maximum Gasteiger partial charge on any atom is 0.160 e. The summed E-state index contributed by atoms with van der Waals surface area (Å²) < 4.78 is 1.77. The molecule has 4 aromatic rings. The first-order valence-corrected chi connectivity index (χ1v) is 6.44. The highest BCUT2D eigenvalue weighted by molar-refractivity contribution is 5.73. The highest BCUT2D eigenvalue weighted by Gasteiger charge is 2.20. The molecule has 1 aromatic carbocycles. The normalized spacial score (nSPS) is 10.9. The van der Waals surface area contributed by atoms with Crippen molar-refractivity contribution in [1.82, 2.24) is 35.2 Å². The highest BCUT2D eigenvalue weighted by Crippen LogP contribution is 2.28. The molecule has 3 heterocycles. The monoisotopic (exact) mass is 277 g/mol. The Morgan fingerprint density at radius 3 is 2.62 bits per heavy atom. The van der Waals surface area contributed by atoms with Gasteiger partial charge in [-0.15, -0.1) is 5.10 Å². The van der Waals surface area contributed by atoms with Crippen molar-refractivity contribution in [2.75, 3.05) is 0 Å². The van der Waals surface area contributed by atoms with Gasteiger partial charge in [0.2, 0.25) is 0 Å². The summed E-state index contributed by atoms with van der Waals surface area (Å²) in [7, 11) is 0. The molecule has 0 bridgehead atoms. The van der Waals surface area contributed by atoms with E-state index < -0.39 is 0 Å². The van der Waals surface area contributed by atoms with Crippen LogP contribution in [0.25, 0.3) is 28.6 Å². The number of para-hydroxylation sites is 1. The number of nitrogens with one attached hydrogen (secondary N) is 2. The summed E-state index contributed by atoms with van der Waals surface area (Å²) in [4.78, 5) is 7.32. The first-order chi connectivity index (χ1) is 10.4. The molecule has 4 rings (SSSR count). The minimum absolute atomic E-state index is 0.668. The van der Waals surface area contributed by atoms with Crippen molar-refractivity contribution >= 4 is 0 Å². The Morgan fingerprint density at radius 2 is 1.90 bits per heavy atom. The van der Waals surface area contributed by atoms with Crippen LogP contribution in [0.1, 0.15) is 0 Å². The summed E-state index contributed by atoms with van der Waals surface area (Å²) in [5, 5.41) is 15.5. The molecule has 0 saturated carbocycles. The van der Waals surface area contributed by atoms with Gasteiger partial charge in [-0.05, 0) is 18.2 Å². The molecule has 0 atom stereocenters. The second-order valence-electron chi connectivity index (χ2n) is 4.44. The molecule has 0 fully saturated rings. The van der Waals surface area contributed by atoms with Crippen molar-refractivity contribution in [3.63, 3.8) is 0 Å². The fourth-order valence-electron chi connectivity index (χ4n) is 2.22. The Labute approximate surface area is 119 Å². The second-order valence-corrected chi connectivity index (χ2v) is 4.44. The van der Waals surface area contributed by atoms with E-state index in [0.29, 0.717) is 11.5 Å². The van der Waals surface area contributed by atoms with E-state index in [2.05, 4.69) is 30.5 Å². The zero-order chi connectivity index (χ0) is 14.1. The molecule has 0 aliphatic carbocycles. The van der Waals surface area contributed by atoms with Gasteiger partial charge >= 0.3 is 0 Å². The van der Waals surface area contributed by atoms with E-state index in [1.165, 1.54) is 0 Å². The van der Waals surface area contributed by atoms with E-state index in [9.17, 15) is 0 Å². The van der Waals surface area contributed by atoms with Crippen LogP contribution in [-0.4, -0.2) is 35.2 Å². The molecule has 2 N–H and O–H groups in total. The SMILES string of the molecule is c1ccc(-n2nnc(-c3ncc[nH]3)c2-c2ccn[nH]2)cc1. The molecular formula is C14H11N7. The molecule has 3 aromatic heterocycles. The molecule has 0 unspecified atom stereocenters. The van der Waals surface area contributed by atoms with Crippen LogP contribution in [0.4, 0.5) is 0 Å². The lowest BCUT2D eigenvalue weighted by molar-refractivity contribution is 0.806. The number of benzene rings is 1. The van der Waals surface area contributed by atoms with Crippen LogP contribution in [0.15, 0.2) is 55.0 Å². The number of H-pyrrole nitrogens is 2. The minimum atomic E-state index is 0.668. The number of nitrogens with zero attached hydrogens (tertiary/aromatic N) is 5. The summed E-state index contributed by atoms with van der Waals surface area (Å²) in [6, 6.07) is 11.7. The van der Waals surface area contributed by atoms with Gasteiger partial charge in [0.25, 0.3) is 0 Å². The summed E-state index contributed by atoms with van der Waals surface area (Å²) in [5.74, 6) is 0.668. The van der Waals surface area contributed by atoms with Crippen LogP contribution in [0, 0.1) is 0 Å². The van der Waals surface area contributed by atoms with E-state index in [1.807, 2.05) is 36.4 Å². The van der Waals surface area contributed by atoms with Crippen molar-refractivity contribution in [3.8, 4) is 28.6 Å². The first-order valence-electron chi connectivity index (χ1n) is 6.44. The lowest BCUT2D eigenvalue weighted by Crippen LogP contribution is -1.99. The second kappa shape index (κ2) is 4.71. The molecule has 102 valence electrons. The zero-order valence-electron chi connectivity index (χ0n) is 10.9. The van der Waals surface area contributed by atoms with Gasteiger partial charge in [0.1, 0.15) is 5.69 Å². The standard InChI is InChI=1S/C14H11N7/c1-2-4-10(5-3-1)21-13(11-6-7-17-18-11)12(19-20-21)14-15-8-9-16-14/h1-9H,(H,15,16)(H,17,18). The van der Waals surface area contributed by atoms with Crippen molar-refractivity contribution < 1.29 is 0 Å². The lowest BCUT2D eigenvalue weighted by atomic mass is 10.2. The van der Waals surface area contributed by atoms with Crippen molar-refractivity contribution in [3.05, 3.63) is 55.0 Å². The largest absolute Gasteiger partial charge is 0.343 e. The third kappa shape index (κ3) is 1.91. The Bertz CT molecular complexity index is 829. The van der Waals surface area contributed by atoms with Crippen LogP contribution < -0.4 is 0 Å². The number of imidazole rings is 1. The van der Waals surface area contributed by atoms with Gasteiger partial charge in [-0.1, -0.05) is 23.4 Å². The Hall–Kier alpha value is -3.22. The number of hydrogen-bond acceptors (Lipinski definition) is 4. The van der Waals surface area contributed by atoms with Crippen molar-refractivity contribution in [2.24, 2.45) is 0 Å². The topological polar surface area (TPSA) is 88.1 Å². The van der Waals surface area contributed by atoms with Crippen LogP contribution in [0.5, 0.6) is 0 Å². The molecule has 0 aliphatic heterocycles. The van der Waals surface area contributed by atoms with E-state index in [1.54, 1.807) is 23.3 Å². The zero-order valence-corrected chi connectivity index (χ0v) is 10.9. The minimum Gasteiger partial charge on any atom is -0.343 e. The van der Waals surface area contributed by atoms with Crippen LogP contribution in [0.2, 0.25) is 0 Å². The van der Waals surface area contributed by atoms with Crippen LogP contribution in [-0.2, 0) is 0 Å². The lowest BCUT2D eigenvalue weighted by Gasteiger charge is -2.05. The van der Waals surface area contributed by atoms with Crippen molar-refractivity contribution in [1.29, 1.82) is 0 Å². The fourth-order valence-corrected chi connectivity index (χ4v) is 2.22. The molecule has 7 nitrogen and oxygen atoms in total. The third-order valence-electron chi connectivity index (χ3n) is 3.15. The van der Waals surface area contributed by atoms with Crippen molar-refractivity contribution in [2.45, 2.75) is 0 Å². The number of rotatable bonds is 3. The van der Waals surface area contributed by atoms with E-state index in [-0.39, 0.29) is 0 Å². The Kier molecular flexibility index (Phi) is 2.60. The van der Waals surface area contributed by atoms with Gasteiger partial charge in [-0.3, -0.25) is 5.10 Å². The summed E-state index contributed by atoms with van der Waals surface area (Å²) in [6.07, 6.45) is 5.14. The van der Waals surface area contributed by atoms with Gasteiger partial charge in [0.15, 0.2) is 11.5 Å². The molecule has 0 amide bonds. The predicted octanol–water partition coefficient (Wildman–Crippen LogP) is 2.05. The summed E-state index contributed by atoms with van der Waals surface area (Å²) in [6.45, 7) is 0. The molecule has 0 saturated heterocycles.